The van der Waals surface area contributed by atoms with Gasteiger partial charge in [-0.3, -0.25) is 9.48 Å². The molecule has 0 unspecified atom stereocenters. The zero-order valence-corrected chi connectivity index (χ0v) is 14.4. The number of nitrogens with zero attached hydrogens (tertiary/aromatic N) is 2. The summed E-state index contributed by atoms with van der Waals surface area (Å²) >= 11 is 5.91. The normalized spacial score (nSPS) is 11.1. The maximum absolute atomic E-state index is 12.1. The number of aromatic nitrogens is 2. The zero-order chi connectivity index (χ0) is 17.6. The maximum atomic E-state index is 12.1. The molecule has 0 saturated carbocycles. The van der Waals surface area contributed by atoms with E-state index in [1.807, 2.05) is 25.1 Å². The molecule has 0 aliphatic heterocycles. The van der Waals surface area contributed by atoms with Gasteiger partial charge < -0.3 is 9.15 Å². The Kier molecular flexibility index (Phi) is 5.36. The van der Waals surface area contributed by atoms with E-state index in [4.69, 9.17) is 20.8 Å². The number of carbonyl (C=O) groups excluding carboxylic acids is 1. The van der Waals surface area contributed by atoms with E-state index >= 15 is 0 Å². The highest BCUT2D eigenvalue weighted by atomic mass is 35.5. The van der Waals surface area contributed by atoms with Gasteiger partial charge in [-0.05, 0) is 49.4 Å². The van der Waals surface area contributed by atoms with Gasteiger partial charge in [0.05, 0.1) is 11.8 Å². The van der Waals surface area contributed by atoms with E-state index in [-0.39, 0.29) is 12.4 Å². The van der Waals surface area contributed by atoms with Crippen molar-refractivity contribution in [3.05, 3.63) is 77.0 Å². The standard InChI is InChI=1S/C19H17ClN2O3/c1-2-22-12-14(11-21-22)19(23)9-8-16-6-7-18(25-16)13-24-17-5-3-4-15(20)10-17/h3-12H,2,13H2,1H3/b9-8+. The molecule has 0 aliphatic carbocycles. The van der Waals surface area contributed by atoms with Gasteiger partial charge >= 0.3 is 0 Å². The van der Waals surface area contributed by atoms with Gasteiger partial charge in [0.1, 0.15) is 23.9 Å². The molecule has 6 heteroatoms. The highest BCUT2D eigenvalue weighted by molar-refractivity contribution is 6.30. The smallest absolute Gasteiger partial charge is 0.189 e. The molecule has 3 rings (SSSR count). The van der Waals surface area contributed by atoms with Crippen LogP contribution in [0.5, 0.6) is 5.75 Å². The second kappa shape index (κ2) is 7.85. The van der Waals surface area contributed by atoms with Gasteiger partial charge in [0.25, 0.3) is 0 Å². The van der Waals surface area contributed by atoms with Crippen LogP contribution >= 0.6 is 11.6 Å². The molecule has 2 aromatic heterocycles. The van der Waals surface area contributed by atoms with Crippen molar-refractivity contribution in [3.63, 3.8) is 0 Å². The van der Waals surface area contributed by atoms with Crippen LogP contribution in [0.4, 0.5) is 0 Å². The Labute approximate surface area is 150 Å². The third-order valence-electron chi connectivity index (χ3n) is 3.50. The predicted molar refractivity (Wildman–Crippen MR) is 95.8 cm³/mol. The SMILES string of the molecule is CCn1cc(C(=O)/C=C/c2ccc(COc3cccc(Cl)c3)o2)cn1. The van der Waals surface area contributed by atoms with Gasteiger partial charge in [0.2, 0.25) is 0 Å². The molecule has 25 heavy (non-hydrogen) atoms. The highest BCUT2D eigenvalue weighted by Gasteiger charge is 2.06. The van der Waals surface area contributed by atoms with Gasteiger partial charge in [-0.15, -0.1) is 0 Å². The summed E-state index contributed by atoms with van der Waals surface area (Å²) in [5.41, 5.74) is 0.550. The number of benzene rings is 1. The number of halogens is 1. The summed E-state index contributed by atoms with van der Waals surface area (Å²) in [4.78, 5) is 12.1. The number of furan rings is 1. The summed E-state index contributed by atoms with van der Waals surface area (Å²) in [6, 6.07) is 10.8. The van der Waals surface area contributed by atoms with Crippen molar-refractivity contribution >= 4 is 23.5 Å². The van der Waals surface area contributed by atoms with Crippen molar-refractivity contribution in [3.8, 4) is 5.75 Å². The van der Waals surface area contributed by atoms with E-state index in [9.17, 15) is 4.79 Å². The van der Waals surface area contributed by atoms with Crippen molar-refractivity contribution < 1.29 is 13.9 Å². The van der Waals surface area contributed by atoms with E-state index in [2.05, 4.69) is 5.10 Å². The van der Waals surface area contributed by atoms with Crippen LogP contribution in [-0.4, -0.2) is 15.6 Å². The summed E-state index contributed by atoms with van der Waals surface area (Å²) < 4.78 is 13.0. The first-order valence-electron chi connectivity index (χ1n) is 7.86. The van der Waals surface area contributed by atoms with Crippen LogP contribution in [0, 0.1) is 0 Å². The summed E-state index contributed by atoms with van der Waals surface area (Å²) in [5, 5.41) is 4.70. The number of ketones is 1. The molecule has 2 heterocycles. The number of ether oxygens (including phenoxy) is 1. The fourth-order valence-corrected chi connectivity index (χ4v) is 2.37. The minimum Gasteiger partial charge on any atom is -0.486 e. The molecule has 3 aromatic rings. The first-order chi connectivity index (χ1) is 12.1. The molecule has 0 spiro atoms. The van der Waals surface area contributed by atoms with Gasteiger partial charge in [-0.25, -0.2) is 0 Å². The largest absolute Gasteiger partial charge is 0.486 e. The van der Waals surface area contributed by atoms with Crippen LogP contribution < -0.4 is 4.74 Å². The molecule has 128 valence electrons. The van der Waals surface area contributed by atoms with Crippen molar-refractivity contribution in [2.24, 2.45) is 0 Å². The highest BCUT2D eigenvalue weighted by Crippen LogP contribution is 2.19. The molecule has 0 aliphatic rings. The first-order valence-corrected chi connectivity index (χ1v) is 8.24. The number of hydrogen-bond donors (Lipinski definition) is 0. The third-order valence-corrected chi connectivity index (χ3v) is 3.74. The van der Waals surface area contributed by atoms with Gasteiger partial charge in [-0.1, -0.05) is 17.7 Å². The number of carbonyl (C=O) groups is 1. The average Bonchev–Trinajstić information content (AvgIpc) is 3.27. The second-order valence-electron chi connectivity index (χ2n) is 5.33. The Morgan fingerprint density at radius 3 is 3.00 bits per heavy atom. The van der Waals surface area contributed by atoms with Gasteiger partial charge in [-0.2, -0.15) is 5.10 Å². The van der Waals surface area contributed by atoms with E-state index in [0.29, 0.717) is 27.9 Å². The van der Waals surface area contributed by atoms with Crippen LogP contribution in [0.25, 0.3) is 6.08 Å². The zero-order valence-electron chi connectivity index (χ0n) is 13.7. The lowest BCUT2D eigenvalue weighted by molar-refractivity contribution is 0.104. The minimum absolute atomic E-state index is 0.118. The molecule has 0 saturated heterocycles. The molecule has 0 atom stereocenters. The molecule has 1 aromatic carbocycles. The first kappa shape index (κ1) is 17.0. The Balaban J connectivity index is 1.58. The van der Waals surface area contributed by atoms with Crippen molar-refractivity contribution in [2.45, 2.75) is 20.1 Å². The molecular formula is C19H17ClN2O3. The van der Waals surface area contributed by atoms with Crippen LogP contribution in [-0.2, 0) is 13.2 Å². The lowest BCUT2D eigenvalue weighted by Gasteiger charge is -2.03. The summed E-state index contributed by atoms with van der Waals surface area (Å²) in [5.74, 6) is 1.80. The Hall–Kier alpha value is -2.79. The lowest BCUT2D eigenvalue weighted by Crippen LogP contribution is -1.94. The predicted octanol–water partition coefficient (Wildman–Crippen LogP) is 4.62. The molecule has 5 nitrogen and oxygen atoms in total. The van der Waals surface area contributed by atoms with Crippen molar-refractivity contribution in [2.75, 3.05) is 0 Å². The fourth-order valence-electron chi connectivity index (χ4n) is 2.19. The van der Waals surface area contributed by atoms with Crippen molar-refractivity contribution in [1.29, 1.82) is 0 Å². The number of rotatable bonds is 7. The van der Waals surface area contributed by atoms with Crippen LogP contribution in [0.3, 0.4) is 0 Å². The van der Waals surface area contributed by atoms with Gasteiger partial charge in [0, 0.05) is 17.8 Å². The summed E-state index contributed by atoms with van der Waals surface area (Å²) in [6.45, 7) is 2.98. The molecule has 0 amide bonds. The summed E-state index contributed by atoms with van der Waals surface area (Å²) in [7, 11) is 0. The van der Waals surface area contributed by atoms with Crippen LogP contribution in [0.1, 0.15) is 28.8 Å². The second-order valence-corrected chi connectivity index (χ2v) is 5.77. The quantitative estimate of drug-likeness (QED) is 0.457. The monoisotopic (exact) mass is 356 g/mol. The number of hydrogen-bond acceptors (Lipinski definition) is 4. The maximum Gasteiger partial charge on any atom is 0.189 e. The van der Waals surface area contributed by atoms with E-state index < -0.39 is 0 Å². The van der Waals surface area contributed by atoms with Crippen LogP contribution in [0.2, 0.25) is 5.02 Å². The van der Waals surface area contributed by atoms with E-state index in [1.54, 1.807) is 41.4 Å². The Bertz CT molecular complexity index is 895. The molecule has 0 N–H and O–H groups in total. The lowest BCUT2D eigenvalue weighted by atomic mass is 10.2. The Morgan fingerprint density at radius 2 is 2.24 bits per heavy atom. The number of allylic oxidation sites excluding steroid dienone is 1. The third kappa shape index (κ3) is 4.61. The average molecular weight is 357 g/mol. The van der Waals surface area contributed by atoms with Gasteiger partial charge in [0.15, 0.2) is 5.78 Å². The number of aryl methyl sites for hydroxylation is 1. The van der Waals surface area contributed by atoms with Crippen molar-refractivity contribution in [1.82, 2.24) is 9.78 Å². The molecule has 0 radical (unpaired) electrons. The Morgan fingerprint density at radius 1 is 1.36 bits per heavy atom. The molecule has 0 bridgehead atoms. The molecule has 0 fully saturated rings. The van der Waals surface area contributed by atoms with E-state index in [0.717, 1.165) is 6.54 Å². The minimum atomic E-state index is -0.118. The van der Waals surface area contributed by atoms with Crippen LogP contribution in [0.15, 0.2) is 59.3 Å². The topological polar surface area (TPSA) is 57.3 Å². The molecular weight excluding hydrogens is 340 g/mol. The summed E-state index contributed by atoms with van der Waals surface area (Å²) in [6.07, 6.45) is 6.38. The van der Waals surface area contributed by atoms with E-state index in [1.165, 1.54) is 6.08 Å². The fraction of sp³-hybridized carbons (Fsp3) is 0.158.